The summed E-state index contributed by atoms with van der Waals surface area (Å²) in [5.41, 5.74) is 0.218. The van der Waals surface area contributed by atoms with Gasteiger partial charge in [-0.2, -0.15) is 0 Å². The number of carbonyl (C=O) groups is 2. The lowest BCUT2D eigenvalue weighted by atomic mass is 10.2. The van der Waals surface area contributed by atoms with E-state index < -0.39 is 11.9 Å². The first-order valence-electron chi connectivity index (χ1n) is 5.55. The summed E-state index contributed by atoms with van der Waals surface area (Å²) in [4.78, 5) is 23.7. The Bertz CT molecular complexity index is 667. The molecule has 0 unspecified atom stereocenters. The van der Waals surface area contributed by atoms with Crippen molar-refractivity contribution >= 4 is 58.3 Å². The van der Waals surface area contributed by atoms with E-state index >= 15 is 0 Å². The molecular formula is C14H6Cl4O3. The summed E-state index contributed by atoms with van der Waals surface area (Å²) < 4.78 is 4.73. The highest BCUT2D eigenvalue weighted by molar-refractivity contribution is 6.42. The number of halogens is 4. The van der Waals surface area contributed by atoms with Gasteiger partial charge in [0, 0.05) is 0 Å². The molecule has 0 saturated heterocycles. The van der Waals surface area contributed by atoms with E-state index in [2.05, 4.69) is 0 Å². The third-order valence-corrected chi connectivity index (χ3v) is 3.97. The normalized spacial score (nSPS) is 10.3. The zero-order valence-corrected chi connectivity index (χ0v) is 13.2. The molecule has 0 spiro atoms. The van der Waals surface area contributed by atoms with E-state index in [1.165, 1.54) is 36.4 Å². The summed E-state index contributed by atoms with van der Waals surface area (Å²) in [5.74, 6) is -1.69. The lowest BCUT2D eigenvalue weighted by Gasteiger charge is -2.05. The highest BCUT2D eigenvalue weighted by Gasteiger charge is 2.16. The molecule has 7 heteroatoms. The van der Waals surface area contributed by atoms with Gasteiger partial charge >= 0.3 is 11.9 Å². The molecule has 0 aliphatic rings. The zero-order valence-electron chi connectivity index (χ0n) is 10.2. The number of hydrogen-bond acceptors (Lipinski definition) is 3. The Morgan fingerprint density at radius 1 is 0.667 bits per heavy atom. The van der Waals surface area contributed by atoms with Gasteiger partial charge in [-0.25, -0.2) is 9.59 Å². The number of rotatable bonds is 2. The summed E-state index contributed by atoms with van der Waals surface area (Å²) in [6.45, 7) is 0. The van der Waals surface area contributed by atoms with Crippen LogP contribution in [0.1, 0.15) is 20.7 Å². The first-order valence-corrected chi connectivity index (χ1v) is 7.06. The van der Waals surface area contributed by atoms with Crippen molar-refractivity contribution in [3.05, 3.63) is 67.6 Å². The van der Waals surface area contributed by atoms with E-state index in [1.54, 1.807) is 0 Å². The molecule has 0 bridgehead atoms. The van der Waals surface area contributed by atoms with Crippen LogP contribution in [0.15, 0.2) is 36.4 Å². The van der Waals surface area contributed by atoms with Gasteiger partial charge in [-0.05, 0) is 36.4 Å². The molecule has 0 aromatic heterocycles. The van der Waals surface area contributed by atoms with E-state index in [4.69, 9.17) is 51.1 Å². The Kier molecular flexibility index (Phi) is 5.12. The van der Waals surface area contributed by atoms with Crippen molar-refractivity contribution in [2.24, 2.45) is 0 Å². The van der Waals surface area contributed by atoms with Crippen molar-refractivity contribution in [3.63, 3.8) is 0 Å². The largest absolute Gasteiger partial charge is 0.386 e. The standard InChI is InChI=1S/C14H6Cl4O3/c15-9-3-1-7(5-11(9)17)13(19)21-14(20)8-2-4-10(16)12(18)6-8/h1-6H. The first-order chi connectivity index (χ1) is 9.88. The summed E-state index contributed by atoms with van der Waals surface area (Å²) in [5, 5.41) is 0.967. The summed E-state index contributed by atoms with van der Waals surface area (Å²) in [7, 11) is 0. The molecule has 0 saturated carbocycles. The van der Waals surface area contributed by atoms with Gasteiger partial charge < -0.3 is 4.74 Å². The van der Waals surface area contributed by atoms with Gasteiger partial charge in [-0.1, -0.05) is 46.4 Å². The van der Waals surface area contributed by atoms with Crippen LogP contribution in [0.25, 0.3) is 0 Å². The highest BCUT2D eigenvalue weighted by Crippen LogP contribution is 2.24. The average molecular weight is 364 g/mol. The molecule has 0 aliphatic carbocycles. The fraction of sp³-hybridized carbons (Fsp3) is 0. The molecule has 2 rings (SSSR count). The van der Waals surface area contributed by atoms with Crippen LogP contribution in [0.2, 0.25) is 20.1 Å². The van der Waals surface area contributed by atoms with Crippen LogP contribution in [-0.2, 0) is 4.74 Å². The second-order valence-electron chi connectivity index (χ2n) is 3.93. The van der Waals surface area contributed by atoms with Crippen molar-refractivity contribution < 1.29 is 14.3 Å². The van der Waals surface area contributed by atoms with Gasteiger partial charge in [0.05, 0.1) is 31.2 Å². The smallest absolute Gasteiger partial charge is 0.346 e. The van der Waals surface area contributed by atoms with Gasteiger partial charge in [-0.3, -0.25) is 0 Å². The minimum atomic E-state index is -0.843. The van der Waals surface area contributed by atoms with Gasteiger partial charge in [-0.15, -0.1) is 0 Å². The van der Waals surface area contributed by atoms with Crippen molar-refractivity contribution in [2.75, 3.05) is 0 Å². The van der Waals surface area contributed by atoms with Crippen LogP contribution in [-0.4, -0.2) is 11.9 Å². The molecule has 3 nitrogen and oxygen atoms in total. The van der Waals surface area contributed by atoms with Gasteiger partial charge in [0.25, 0.3) is 0 Å². The Morgan fingerprint density at radius 3 is 1.38 bits per heavy atom. The minimum Gasteiger partial charge on any atom is -0.386 e. The molecule has 0 atom stereocenters. The van der Waals surface area contributed by atoms with Crippen LogP contribution in [0, 0.1) is 0 Å². The number of benzene rings is 2. The van der Waals surface area contributed by atoms with E-state index in [0.29, 0.717) is 10.0 Å². The maximum atomic E-state index is 11.8. The van der Waals surface area contributed by atoms with Crippen LogP contribution in [0.3, 0.4) is 0 Å². The summed E-state index contributed by atoms with van der Waals surface area (Å²) in [6, 6.07) is 8.30. The molecule has 108 valence electrons. The number of carbonyl (C=O) groups excluding carboxylic acids is 2. The number of hydrogen-bond donors (Lipinski definition) is 0. The molecule has 0 aliphatic heterocycles. The van der Waals surface area contributed by atoms with Crippen molar-refractivity contribution in [3.8, 4) is 0 Å². The van der Waals surface area contributed by atoms with Crippen molar-refractivity contribution in [1.82, 2.24) is 0 Å². The first kappa shape index (κ1) is 16.1. The van der Waals surface area contributed by atoms with E-state index in [0.717, 1.165) is 0 Å². The Hall–Kier alpha value is -1.26. The number of ether oxygens (including phenoxy) is 1. The lowest BCUT2D eigenvalue weighted by Crippen LogP contribution is -2.12. The third kappa shape index (κ3) is 3.89. The van der Waals surface area contributed by atoms with Crippen LogP contribution in [0.5, 0.6) is 0 Å². The van der Waals surface area contributed by atoms with E-state index in [9.17, 15) is 9.59 Å². The molecule has 0 heterocycles. The zero-order chi connectivity index (χ0) is 15.6. The number of esters is 2. The molecule has 0 amide bonds. The molecule has 21 heavy (non-hydrogen) atoms. The minimum absolute atomic E-state index is 0.109. The molecule has 0 radical (unpaired) electrons. The molecule has 2 aromatic rings. The Morgan fingerprint density at radius 2 is 1.05 bits per heavy atom. The molecule has 0 fully saturated rings. The van der Waals surface area contributed by atoms with Crippen LogP contribution in [0.4, 0.5) is 0 Å². The quantitative estimate of drug-likeness (QED) is 0.537. The van der Waals surface area contributed by atoms with E-state index in [1.807, 2.05) is 0 Å². The summed E-state index contributed by atoms with van der Waals surface area (Å²) in [6.07, 6.45) is 0. The van der Waals surface area contributed by atoms with Gasteiger partial charge in [0.1, 0.15) is 0 Å². The Labute approximate surface area is 140 Å². The summed E-state index contributed by atoms with van der Waals surface area (Å²) >= 11 is 23.1. The fourth-order valence-electron chi connectivity index (χ4n) is 1.45. The highest BCUT2D eigenvalue weighted by atomic mass is 35.5. The van der Waals surface area contributed by atoms with Crippen molar-refractivity contribution in [2.45, 2.75) is 0 Å². The SMILES string of the molecule is O=C(OC(=O)c1ccc(Cl)c(Cl)c1)c1ccc(Cl)c(Cl)c1. The third-order valence-electron chi connectivity index (χ3n) is 2.50. The van der Waals surface area contributed by atoms with Crippen LogP contribution < -0.4 is 0 Å². The van der Waals surface area contributed by atoms with Gasteiger partial charge in [0.2, 0.25) is 0 Å². The second kappa shape index (κ2) is 6.67. The molecule has 2 aromatic carbocycles. The topological polar surface area (TPSA) is 43.4 Å². The monoisotopic (exact) mass is 362 g/mol. The maximum absolute atomic E-state index is 11.8. The predicted octanol–water partition coefficient (Wildman–Crippen LogP) is 5.30. The second-order valence-corrected chi connectivity index (χ2v) is 5.56. The predicted molar refractivity (Wildman–Crippen MR) is 82.7 cm³/mol. The molecule has 0 N–H and O–H groups in total. The maximum Gasteiger partial charge on any atom is 0.346 e. The molecular weight excluding hydrogens is 358 g/mol. The average Bonchev–Trinajstić information content (AvgIpc) is 2.44. The van der Waals surface area contributed by atoms with Gasteiger partial charge in [0.15, 0.2) is 0 Å². The lowest BCUT2D eigenvalue weighted by molar-refractivity contribution is 0.0398. The van der Waals surface area contributed by atoms with Crippen LogP contribution >= 0.6 is 46.4 Å². The Balaban J connectivity index is 2.16. The fourth-order valence-corrected chi connectivity index (χ4v) is 2.04. The van der Waals surface area contributed by atoms with Crippen molar-refractivity contribution in [1.29, 1.82) is 0 Å². The van der Waals surface area contributed by atoms with E-state index in [-0.39, 0.29) is 21.2 Å².